The molecule has 0 saturated carbocycles. The Morgan fingerprint density at radius 3 is 2.93 bits per heavy atom. The van der Waals surface area contributed by atoms with E-state index in [0.29, 0.717) is 25.3 Å². The summed E-state index contributed by atoms with van der Waals surface area (Å²) < 4.78 is 1.94. The fourth-order valence-electron chi connectivity index (χ4n) is 4.32. The number of β-amino-alcohol motifs (C(OH)–C–C–N with tert-alkyl or cyclic N) is 1. The Hall–Kier alpha value is -2.80. The maximum atomic E-state index is 13.0. The van der Waals surface area contributed by atoms with Crippen molar-refractivity contribution in [2.45, 2.75) is 38.3 Å². The summed E-state index contributed by atoms with van der Waals surface area (Å²) in [5, 5.41) is 20.0. The van der Waals surface area contributed by atoms with E-state index in [9.17, 15) is 9.90 Å². The minimum absolute atomic E-state index is 0.0265. The molecule has 0 spiro atoms. The summed E-state index contributed by atoms with van der Waals surface area (Å²) in [4.78, 5) is 19.4. The number of fused-ring (bicyclic) bond motifs is 2. The molecule has 5 rings (SSSR count). The van der Waals surface area contributed by atoms with Gasteiger partial charge in [-0.25, -0.2) is 0 Å². The summed E-state index contributed by atoms with van der Waals surface area (Å²) in [6.07, 6.45) is 3.10. The van der Waals surface area contributed by atoms with Gasteiger partial charge in [0.25, 0.3) is 5.91 Å². The Balaban J connectivity index is 1.31. The zero-order valence-electron chi connectivity index (χ0n) is 15.7. The zero-order valence-corrected chi connectivity index (χ0v) is 15.7. The van der Waals surface area contributed by atoms with Crippen molar-refractivity contribution in [3.8, 4) is 0 Å². The van der Waals surface area contributed by atoms with Crippen LogP contribution in [0, 0.1) is 5.92 Å². The minimum atomic E-state index is -0.555. The molecule has 2 atom stereocenters. The molecule has 0 bridgehead atoms. The normalized spacial score (nSPS) is 21.8. The second-order valence-corrected chi connectivity index (χ2v) is 7.79. The monoisotopic (exact) mass is 377 g/mol. The summed E-state index contributed by atoms with van der Waals surface area (Å²) in [5.74, 6) is 1.15. The number of para-hydroxylation sites is 1. The lowest BCUT2D eigenvalue weighted by Gasteiger charge is -2.18. The topological polar surface area (TPSA) is 84.1 Å². The molecule has 0 radical (unpaired) electrons. The van der Waals surface area contributed by atoms with Gasteiger partial charge in [0.15, 0.2) is 0 Å². The van der Waals surface area contributed by atoms with Crippen LogP contribution in [0.2, 0.25) is 0 Å². The van der Waals surface area contributed by atoms with Crippen molar-refractivity contribution < 1.29 is 9.90 Å². The zero-order chi connectivity index (χ0) is 19.1. The number of amides is 1. The van der Waals surface area contributed by atoms with Crippen LogP contribution in [0.3, 0.4) is 0 Å². The number of rotatable bonds is 3. The Labute approximate surface area is 163 Å². The number of aliphatic hydroxyl groups excluding tert-OH is 1. The number of hydrogen-bond donors (Lipinski definition) is 1. The molecule has 2 unspecified atom stereocenters. The third kappa shape index (κ3) is 3.05. The molecule has 3 aromatic rings. The maximum absolute atomic E-state index is 13.0. The first-order valence-corrected chi connectivity index (χ1v) is 9.93. The van der Waals surface area contributed by atoms with Gasteiger partial charge in [0.05, 0.1) is 11.6 Å². The summed E-state index contributed by atoms with van der Waals surface area (Å²) in [7, 11) is 0. The van der Waals surface area contributed by atoms with Crippen molar-refractivity contribution in [2.24, 2.45) is 5.92 Å². The van der Waals surface area contributed by atoms with Gasteiger partial charge in [0.1, 0.15) is 5.82 Å². The Kier molecular flexibility index (Phi) is 4.31. The molecule has 28 heavy (non-hydrogen) atoms. The van der Waals surface area contributed by atoms with Crippen molar-refractivity contribution >= 4 is 16.8 Å². The quantitative estimate of drug-likeness (QED) is 0.753. The number of aliphatic hydroxyl groups is 1. The fourth-order valence-corrected chi connectivity index (χ4v) is 4.32. The standard InChI is InChI=1S/C21H23N5O2/c27-18-13-25(21(28)20-24-23-19-7-3-4-10-26(19)20)12-15(18)11-16-9-8-14-5-1-2-6-17(14)22-16/h1-2,5-6,8-9,15,18,27H,3-4,7,10-13H2. The number of hydrogen-bond acceptors (Lipinski definition) is 5. The lowest BCUT2D eigenvalue weighted by molar-refractivity contribution is 0.0746. The summed E-state index contributed by atoms with van der Waals surface area (Å²) in [6, 6.07) is 12.1. The van der Waals surface area contributed by atoms with E-state index in [0.717, 1.165) is 48.2 Å². The predicted molar refractivity (Wildman–Crippen MR) is 104 cm³/mol. The lowest BCUT2D eigenvalue weighted by Crippen LogP contribution is -2.32. The fraction of sp³-hybridized carbons (Fsp3) is 0.429. The number of nitrogens with zero attached hydrogens (tertiary/aromatic N) is 5. The highest BCUT2D eigenvalue weighted by Crippen LogP contribution is 2.24. The predicted octanol–water partition coefficient (Wildman–Crippen LogP) is 1.84. The van der Waals surface area contributed by atoms with E-state index >= 15 is 0 Å². The average Bonchev–Trinajstić information content (AvgIpc) is 3.31. The van der Waals surface area contributed by atoms with E-state index in [2.05, 4.69) is 16.3 Å². The highest BCUT2D eigenvalue weighted by molar-refractivity contribution is 5.91. The summed E-state index contributed by atoms with van der Waals surface area (Å²) in [6.45, 7) is 1.64. The van der Waals surface area contributed by atoms with E-state index in [-0.39, 0.29) is 11.8 Å². The van der Waals surface area contributed by atoms with Crippen LogP contribution in [0.4, 0.5) is 0 Å². The van der Waals surface area contributed by atoms with Crippen LogP contribution >= 0.6 is 0 Å². The number of aryl methyl sites for hydroxylation is 1. The van der Waals surface area contributed by atoms with Gasteiger partial charge in [-0.15, -0.1) is 10.2 Å². The highest BCUT2D eigenvalue weighted by atomic mass is 16.3. The van der Waals surface area contributed by atoms with Gasteiger partial charge in [0.2, 0.25) is 5.82 Å². The van der Waals surface area contributed by atoms with E-state index in [1.807, 2.05) is 34.9 Å². The first kappa shape index (κ1) is 17.3. The summed E-state index contributed by atoms with van der Waals surface area (Å²) >= 11 is 0. The van der Waals surface area contributed by atoms with Crippen molar-refractivity contribution in [3.05, 3.63) is 53.7 Å². The summed E-state index contributed by atoms with van der Waals surface area (Å²) in [5.41, 5.74) is 1.90. The Morgan fingerprint density at radius 2 is 2.00 bits per heavy atom. The van der Waals surface area contributed by atoms with Gasteiger partial charge >= 0.3 is 0 Å². The van der Waals surface area contributed by atoms with Gasteiger partial charge in [0, 0.05) is 43.1 Å². The molecular formula is C21H23N5O2. The van der Waals surface area contributed by atoms with Crippen LogP contribution in [0.15, 0.2) is 36.4 Å². The molecule has 1 fully saturated rings. The van der Waals surface area contributed by atoms with E-state index in [1.54, 1.807) is 4.90 Å². The number of likely N-dealkylation sites (tertiary alicyclic amines) is 1. The second kappa shape index (κ2) is 6.98. The van der Waals surface area contributed by atoms with Crippen molar-refractivity contribution in [2.75, 3.05) is 13.1 Å². The molecule has 4 heterocycles. The van der Waals surface area contributed by atoms with Gasteiger partial charge < -0.3 is 14.6 Å². The number of carbonyl (C=O) groups is 1. The molecule has 7 nitrogen and oxygen atoms in total. The second-order valence-electron chi connectivity index (χ2n) is 7.79. The largest absolute Gasteiger partial charge is 0.391 e. The third-order valence-electron chi connectivity index (χ3n) is 5.87. The van der Waals surface area contributed by atoms with Gasteiger partial charge in [-0.3, -0.25) is 9.78 Å². The maximum Gasteiger partial charge on any atom is 0.291 e. The molecule has 2 aliphatic heterocycles. The molecule has 7 heteroatoms. The minimum Gasteiger partial charge on any atom is -0.391 e. The van der Waals surface area contributed by atoms with Crippen LogP contribution in [0.1, 0.15) is 35.0 Å². The number of carbonyl (C=O) groups excluding carboxylic acids is 1. The molecule has 2 aromatic heterocycles. The number of aromatic nitrogens is 4. The molecule has 144 valence electrons. The number of pyridine rings is 1. The highest BCUT2D eigenvalue weighted by Gasteiger charge is 2.36. The first-order valence-electron chi connectivity index (χ1n) is 9.93. The van der Waals surface area contributed by atoms with Gasteiger partial charge in [-0.05, 0) is 31.4 Å². The molecule has 1 N–H and O–H groups in total. The average molecular weight is 377 g/mol. The van der Waals surface area contributed by atoms with E-state index in [4.69, 9.17) is 4.98 Å². The van der Waals surface area contributed by atoms with Crippen LogP contribution in [0.5, 0.6) is 0 Å². The van der Waals surface area contributed by atoms with Crippen molar-refractivity contribution in [3.63, 3.8) is 0 Å². The van der Waals surface area contributed by atoms with Crippen molar-refractivity contribution in [1.29, 1.82) is 0 Å². The van der Waals surface area contributed by atoms with Gasteiger partial charge in [-0.2, -0.15) is 0 Å². The molecule has 2 aliphatic rings. The van der Waals surface area contributed by atoms with Gasteiger partial charge in [-0.1, -0.05) is 24.3 Å². The SMILES string of the molecule is O=C(c1nnc2n1CCCC2)N1CC(O)C(Cc2ccc3ccccc3n2)C1. The first-order chi connectivity index (χ1) is 13.7. The van der Waals surface area contributed by atoms with Crippen LogP contribution in [-0.2, 0) is 19.4 Å². The number of benzene rings is 1. The third-order valence-corrected chi connectivity index (χ3v) is 5.87. The van der Waals surface area contributed by atoms with Crippen LogP contribution in [0.25, 0.3) is 10.9 Å². The molecular weight excluding hydrogens is 354 g/mol. The van der Waals surface area contributed by atoms with Crippen molar-refractivity contribution in [1.82, 2.24) is 24.6 Å². The van der Waals surface area contributed by atoms with E-state index < -0.39 is 6.10 Å². The molecule has 1 aromatic carbocycles. The smallest absolute Gasteiger partial charge is 0.291 e. The van der Waals surface area contributed by atoms with E-state index in [1.165, 1.54) is 0 Å². The molecule has 1 amide bonds. The Bertz CT molecular complexity index is 1030. The molecule has 1 saturated heterocycles. The van der Waals surface area contributed by atoms with Crippen LogP contribution in [-0.4, -0.2) is 54.9 Å². The van der Waals surface area contributed by atoms with Crippen LogP contribution < -0.4 is 0 Å². The Morgan fingerprint density at radius 1 is 1.11 bits per heavy atom. The molecule has 0 aliphatic carbocycles. The lowest BCUT2D eigenvalue weighted by atomic mass is 9.99.